The van der Waals surface area contributed by atoms with Crippen molar-refractivity contribution >= 4 is 12.4 Å². The van der Waals surface area contributed by atoms with Crippen molar-refractivity contribution in [2.45, 2.75) is 31.8 Å². The number of hydrogen-bond donors (Lipinski definition) is 0. The smallest absolute Gasteiger partial charge is 0.121 e. The molecule has 2 aromatic rings. The molecule has 1 aliphatic carbocycles. The molecule has 1 saturated carbocycles. The summed E-state index contributed by atoms with van der Waals surface area (Å²) in [5.41, 5.74) is 2.04. The molecule has 3 heteroatoms. The first-order valence-corrected chi connectivity index (χ1v) is 9.51. The lowest BCUT2D eigenvalue weighted by Gasteiger charge is -2.41. The molecular formula is C23H32ClNO. The third-order valence-electron chi connectivity index (χ3n) is 5.80. The van der Waals surface area contributed by atoms with Gasteiger partial charge in [-0.1, -0.05) is 74.0 Å². The molecule has 0 aromatic heterocycles. The molecule has 142 valence electrons. The molecule has 3 rings (SSSR count). The van der Waals surface area contributed by atoms with Crippen molar-refractivity contribution in [3.63, 3.8) is 0 Å². The van der Waals surface area contributed by atoms with E-state index in [0.717, 1.165) is 12.5 Å². The van der Waals surface area contributed by atoms with Gasteiger partial charge >= 0.3 is 0 Å². The predicted molar refractivity (Wildman–Crippen MR) is 112 cm³/mol. The summed E-state index contributed by atoms with van der Waals surface area (Å²) in [6.07, 6.45) is 4.20. The first kappa shape index (κ1) is 21.0. The average Bonchev–Trinajstić information content (AvgIpc) is 2.61. The molecule has 2 aromatic carbocycles. The van der Waals surface area contributed by atoms with Gasteiger partial charge in [-0.2, -0.15) is 0 Å². The Balaban J connectivity index is 0.00000243. The van der Waals surface area contributed by atoms with Crippen LogP contribution in [0, 0.1) is 11.8 Å². The molecular weight excluding hydrogens is 342 g/mol. The summed E-state index contributed by atoms with van der Waals surface area (Å²) in [5, 5.41) is 0. The van der Waals surface area contributed by atoms with Gasteiger partial charge in [-0.15, -0.1) is 12.4 Å². The van der Waals surface area contributed by atoms with Gasteiger partial charge in [0.25, 0.3) is 0 Å². The largest absolute Gasteiger partial charge is 0.368 e. The van der Waals surface area contributed by atoms with E-state index in [2.05, 4.69) is 79.5 Å². The highest BCUT2D eigenvalue weighted by Crippen LogP contribution is 2.40. The average molecular weight is 374 g/mol. The van der Waals surface area contributed by atoms with Crippen molar-refractivity contribution in [1.29, 1.82) is 0 Å². The molecule has 1 fully saturated rings. The number of benzene rings is 2. The quantitative estimate of drug-likeness (QED) is 0.617. The Bertz CT molecular complexity index is 602. The van der Waals surface area contributed by atoms with Crippen molar-refractivity contribution in [3.05, 3.63) is 71.8 Å². The maximum Gasteiger partial charge on any atom is 0.121 e. The lowest BCUT2D eigenvalue weighted by Crippen LogP contribution is -2.43. The Kier molecular flexibility index (Phi) is 7.69. The summed E-state index contributed by atoms with van der Waals surface area (Å²) in [7, 11) is 4.10. The van der Waals surface area contributed by atoms with E-state index in [-0.39, 0.29) is 12.4 Å². The standard InChI is InChI=1S/C23H31NO.ClH/c1-19(17-24(2)18-20-11-10-12-20)23(25-3,21-13-6-4-7-14-21)22-15-8-5-9-16-22;/h4-9,13-16,19-20H,10-12,17-18H2,1-3H3;1H. The fraction of sp³-hybridized carbons (Fsp3) is 0.478. The van der Waals surface area contributed by atoms with E-state index >= 15 is 0 Å². The van der Waals surface area contributed by atoms with Gasteiger partial charge in [-0.05, 0) is 36.9 Å². The number of halogens is 1. The maximum atomic E-state index is 6.29. The monoisotopic (exact) mass is 373 g/mol. The Labute approximate surface area is 165 Å². The lowest BCUT2D eigenvalue weighted by molar-refractivity contribution is -0.0340. The molecule has 0 bridgehead atoms. The van der Waals surface area contributed by atoms with Crippen LogP contribution in [0.1, 0.15) is 37.3 Å². The van der Waals surface area contributed by atoms with Crippen LogP contribution >= 0.6 is 12.4 Å². The Morgan fingerprint density at radius 1 is 1.00 bits per heavy atom. The normalized spacial score (nSPS) is 16.0. The molecule has 1 atom stereocenters. The van der Waals surface area contributed by atoms with Gasteiger partial charge in [0.05, 0.1) is 0 Å². The topological polar surface area (TPSA) is 12.5 Å². The first-order valence-electron chi connectivity index (χ1n) is 9.51. The lowest BCUT2D eigenvalue weighted by atomic mass is 9.76. The van der Waals surface area contributed by atoms with Crippen LogP contribution in [-0.4, -0.2) is 32.1 Å². The molecule has 0 radical (unpaired) electrons. The highest BCUT2D eigenvalue weighted by Gasteiger charge is 2.40. The second-order valence-electron chi connectivity index (χ2n) is 7.59. The van der Waals surface area contributed by atoms with E-state index in [1.807, 2.05) is 7.11 Å². The van der Waals surface area contributed by atoms with Gasteiger partial charge in [0.15, 0.2) is 0 Å². The summed E-state index contributed by atoms with van der Waals surface area (Å²) in [5.74, 6) is 1.23. The van der Waals surface area contributed by atoms with Crippen molar-refractivity contribution in [1.82, 2.24) is 4.90 Å². The highest BCUT2D eigenvalue weighted by atomic mass is 35.5. The van der Waals surface area contributed by atoms with E-state index in [9.17, 15) is 0 Å². The van der Waals surface area contributed by atoms with Gasteiger partial charge < -0.3 is 9.64 Å². The number of hydrogen-bond acceptors (Lipinski definition) is 2. The predicted octanol–water partition coefficient (Wildman–Crippen LogP) is 5.37. The molecule has 0 N–H and O–H groups in total. The number of rotatable bonds is 8. The fourth-order valence-corrected chi connectivity index (χ4v) is 4.33. The van der Waals surface area contributed by atoms with Gasteiger partial charge in [0, 0.05) is 26.1 Å². The summed E-state index contributed by atoms with van der Waals surface area (Å²) in [6.45, 7) is 4.54. The van der Waals surface area contributed by atoms with Crippen LogP contribution in [-0.2, 0) is 10.3 Å². The van der Waals surface area contributed by atoms with Crippen molar-refractivity contribution in [2.24, 2.45) is 11.8 Å². The van der Waals surface area contributed by atoms with Crippen molar-refractivity contribution in [2.75, 3.05) is 27.2 Å². The third kappa shape index (κ3) is 4.31. The third-order valence-corrected chi connectivity index (χ3v) is 5.80. The minimum absolute atomic E-state index is 0. The molecule has 0 saturated heterocycles. The molecule has 0 amide bonds. The van der Waals surface area contributed by atoms with E-state index in [1.165, 1.54) is 36.9 Å². The zero-order valence-electron chi connectivity index (χ0n) is 16.2. The minimum Gasteiger partial charge on any atom is -0.368 e. The number of methoxy groups -OCH3 is 1. The summed E-state index contributed by atoms with van der Waals surface area (Å²) in [4.78, 5) is 2.49. The molecule has 0 heterocycles. The zero-order valence-corrected chi connectivity index (χ0v) is 17.0. The van der Waals surface area contributed by atoms with E-state index in [4.69, 9.17) is 4.74 Å². The molecule has 2 nitrogen and oxygen atoms in total. The van der Waals surface area contributed by atoms with Gasteiger partial charge in [0.2, 0.25) is 0 Å². The Morgan fingerprint density at radius 2 is 1.50 bits per heavy atom. The second-order valence-corrected chi connectivity index (χ2v) is 7.59. The van der Waals surface area contributed by atoms with Crippen LogP contribution in [0.5, 0.6) is 0 Å². The Morgan fingerprint density at radius 3 is 1.88 bits per heavy atom. The maximum absolute atomic E-state index is 6.29. The molecule has 26 heavy (non-hydrogen) atoms. The van der Waals surface area contributed by atoms with Gasteiger partial charge in [-0.3, -0.25) is 0 Å². The van der Waals surface area contributed by atoms with Crippen molar-refractivity contribution < 1.29 is 4.74 Å². The SMILES string of the molecule is COC(c1ccccc1)(c1ccccc1)C(C)CN(C)CC1CCC1.Cl. The highest BCUT2D eigenvalue weighted by molar-refractivity contribution is 5.85. The van der Waals surface area contributed by atoms with E-state index in [1.54, 1.807) is 0 Å². The molecule has 0 spiro atoms. The van der Waals surface area contributed by atoms with Gasteiger partial charge in [-0.25, -0.2) is 0 Å². The summed E-state index contributed by atoms with van der Waals surface area (Å²) < 4.78 is 6.29. The Hall–Kier alpha value is -1.35. The van der Waals surface area contributed by atoms with Crippen molar-refractivity contribution in [3.8, 4) is 0 Å². The number of nitrogens with zero attached hydrogens (tertiary/aromatic N) is 1. The molecule has 1 aliphatic rings. The zero-order chi connectivity index (χ0) is 17.7. The van der Waals surface area contributed by atoms with Crippen LogP contribution in [0.15, 0.2) is 60.7 Å². The van der Waals surface area contributed by atoms with Crippen LogP contribution in [0.4, 0.5) is 0 Å². The van der Waals surface area contributed by atoms with Gasteiger partial charge in [0.1, 0.15) is 5.60 Å². The second kappa shape index (κ2) is 9.55. The van der Waals surface area contributed by atoms with E-state index < -0.39 is 5.60 Å². The number of ether oxygens (including phenoxy) is 1. The van der Waals surface area contributed by atoms with Crippen LogP contribution < -0.4 is 0 Å². The first-order chi connectivity index (χ1) is 12.2. The molecule has 0 aliphatic heterocycles. The van der Waals surface area contributed by atoms with Crippen LogP contribution in [0.2, 0.25) is 0 Å². The fourth-order valence-electron chi connectivity index (χ4n) is 4.33. The van der Waals surface area contributed by atoms with E-state index in [0.29, 0.717) is 5.92 Å². The summed E-state index contributed by atoms with van der Waals surface area (Å²) in [6, 6.07) is 21.3. The molecule has 1 unspecified atom stereocenters. The minimum atomic E-state index is -0.420. The summed E-state index contributed by atoms with van der Waals surface area (Å²) >= 11 is 0. The van der Waals surface area contributed by atoms with Crippen LogP contribution in [0.25, 0.3) is 0 Å². The van der Waals surface area contributed by atoms with Crippen LogP contribution in [0.3, 0.4) is 0 Å².